The monoisotopic (exact) mass is 293 g/mol. The standard InChI is InChI=1S/C13H16FN5S/c1-7-5-12(10(8(2)15)6-11(7)14)20-13-16-17-18-19(13)9-3-4-9/h5-6,8-9H,3-4,15H2,1-2H3/t8-/m0/s1. The maximum absolute atomic E-state index is 13.7. The van der Waals surface area contributed by atoms with Crippen LogP contribution >= 0.6 is 11.8 Å². The molecule has 7 heteroatoms. The van der Waals surface area contributed by atoms with Crippen molar-refractivity contribution < 1.29 is 4.39 Å². The van der Waals surface area contributed by atoms with Crippen LogP contribution in [0, 0.1) is 12.7 Å². The Morgan fingerprint density at radius 2 is 2.20 bits per heavy atom. The van der Waals surface area contributed by atoms with Crippen molar-refractivity contribution in [2.45, 2.75) is 48.8 Å². The first kappa shape index (κ1) is 13.5. The van der Waals surface area contributed by atoms with Crippen LogP contribution in [0.25, 0.3) is 0 Å². The van der Waals surface area contributed by atoms with Gasteiger partial charge in [-0.05, 0) is 72.1 Å². The fourth-order valence-electron chi connectivity index (χ4n) is 2.01. The molecule has 0 saturated heterocycles. The predicted molar refractivity (Wildman–Crippen MR) is 74.0 cm³/mol. The molecule has 1 aromatic heterocycles. The van der Waals surface area contributed by atoms with Crippen molar-refractivity contribution in [2.75, 3.05) is 0 Å². The molecular weight excluding hydrogens is 277 g/mol. The molecule has 0 spiro atoms. The molecule has 20 heavy (non-hydrogen) atoms. The summed E-state index contributed by atoms with van der Waals surface area (Å²) in [6, 6.07) is 3.49. The zero-order chi connectivity index (χ0) is 14.3. The lowest BCUT2D eigenvalue weighted by Gasteiger charge is -2.13. The van der Waals surface area contributed by atoms with E-state index in [1.54, 1.807) is 6.92 Å². The Labute approximate surface area is 120 Å². The van der Waals surface area contributed by atoms with Crippen LogP contribution in [0.1, 0.15) is 43.0 Å². The first-order valence-corrected chi connectivity index (χ1v) is 7.39. The fraction of sp³-hybridized carbons (Fsp3) is 0.462. The number of hydrogen-bond acceptors (Lipinski definition) is 5. The number of tetrazole rings is 1. The van der Waals surface area contributed by atoms with E-state index in [-0.39, 0.29) is 11.9 Å². The summed E-state index contributed by atoms with van der Waals surface area (Å²) in [6.45, 7) is 3.59. The number of halogens is 1. The van der Waals surface area contributed by atoms with Gasteiger partial charge in [0.2, 0.25) is 5.16 Å². The molecule has 0 aliphatic heterocycles. The molecule has 0 amide bonds. The smallest absolute Gasteiger partial charge is 0.214 e. The summed E-state index contributed by atoms with van der Waals surface area (Å²) < 4.78 is 15.5. The van der Waals surface area contributed by atoms with Crippen molar-refractivity contribution >= 4 is 11.8 Å². The van der Waals surface area contributed by atoms with Gasteiger partial charge in [-0.1, -0.05) is 0 Å². The molecular formula is C13H16FN5S. The Hall–Kier alpha value is -1.47. The number of aromatic nitrogens is 4. The van der Waals surface area contributed by atoms with Gasteiger partial charge in [-0.25, -0.2) is 9.07 Å². The topological polar surface area (TPSA) is 69.6 Å². The SMILES string of the molecule is Cc1cc(Sc2nnnn2C2CC2)c([C@H](C)N)cc1F. The number of nitrogens with zero attached hydrogens (tertiary/aromatic N) is 4. The minimum atomic E-state index is -0.238. The van der Waals surface area contributed by atoms with Crippen LogP contribution in [0.15, 0.2) is 22.2 Å². The second kappa shape index (κ2) is 5.14. The lowest BCUT2D eigenvalue weighted by atomic mass is 10.1. The van der Waals surface area contributed by atoms with Gasteiger partial charge >= 0.3 is 0 Å². The molecule has 0 radical (unpaired) electrons. The van der Waals surface area contributed by atoms with Crippen molar-refractivity contribution in [1.82, 2.24) is 20.2 Å². The van der Waals surface area contributed by atoms with Gasteiger partial charge in [0.25, 0.3) is 0 Å². The van der Waals surface area contributed by atoms with Crippen molar-refractivity contribution in [3.63, 3.8) is 0 Å². The largest absolute Gasteiger partial charge is 0.324 e. The first-order valence-electron chi connectivity index (χ1n) is 6.57. The lowest BCUT2D eigenvalue weighted by Crippen LogP contribution is -2.08. The quantitative estimate of drug-likeness (QED) is 0.938. The number of hydrogen-bond donors (Lipinski definition) is 1. The molecule has 1 heterocycles. The van der Waals surface area contributed by atoms with Gasteiger partial charge in [0.1, 0.15) is 5.82 Å². The van der Waals surface area contributed by atoms with Gasteiger partial charge in [-0.15, -0.1) is 5.10 Å². The normalized spacial score (nSPS) is 16.4. The zero-order valence-corrected chi connectivity index (χ0v) is 12.2. The molecule has 5 nitrogen and oxygen atoms in total. The highest BCUT2D eigenvalue weighted by atomic mass is 32.2. The summed E-state index contributed by atoms with van der Waals surface area (Å²) >= 11 is 1.45. The minimum Gasteiger partial charge on any atom is -0.324 e. The van der Waals surface area contributed by atoms with Crippen LogP contribution in [0.4, 0.5) is 4.39 Å². The molecule has 0 bridgehead atoms. The molecule has 1 atom stereocenters. The highest BCUT2D eigenvalue weighted by Crippen LogP contribution is 2.39. The molecule has 1 fully saturated rings. The second-order valence-corrected chi connectivity index (χ2v) is 6.18. The molecule has 1 aliphatic rings. The summed E-state index contributed by atoms with van der Waals surface area (Å²) in [6.07, 6.45) is 2.22. The van der Waals surface area contributed by atoms with Crippen LogP contribution in [-0.2, 0) is 0 Å². The maximum atomic E-state index is 13.7. The van der Waals surface area contributed by atoms with E-state index in [0.29, 0.717) is 11.6 Å². The van der Waals surface area contributed by atoms with E-state index in [4.69, 9.17) is 5.73 Å². The highest BCUT2D eigenvalue weighted by molar-refractivity contribution is 7.99. The molecule has 3 rings (SSSR count). The van der Waals surface area contributed by atoms with Crippen LogP contribution < -0.4 is 5.73 Å². The number of benzene rings is 1. The third-order valence-corrected chi connectivity index (χ3v) is 4.36. The van der Waals surface area contributed by atoms with Crippen molar-refractivity contribution in [2.24, 2.45) is 5.73 Å². The van der Waals surface area contributed by atoms with Crippen molar-refractivity contribution in [3.05, 3.63) is 29.1 Å². The lowest BCUT2D eigenvalue weighted by molar-refractivity contribution is 0.565. The molecule has 1 aromatic carbocycles. The molecule has 2 N–H and O–H groups in total. The Balaban J connectivity index is 1.96. The average Bonchev–Trinajstić information content (AvgIpc) is 3.14. The van der Waals surface area contributed by atoms with E-state index in [9.17, 15) is 4.39 Å². The van der Waals surface area contributed by atoms with Crippen LogP contribution in [0.2, 0.25) is 0 Å². The number of aryl methyl sites for hydroxylation is 1. The molecule has 106 valence electrons. The van der Waals surface area contributed by atoms with Crippen molar-refractivity contribution in [3.8, 4) is 0 Å². The van der Waals surface area contributed by atoms with E-state index < -0.39 is 0 Å². The third kappa shape index (κ3) is 2.55. The second-order valence-electron chi connectivity index (χ2n) is 5.17. The van der Waals surface area contributed by atoms with E-state index in [1.807, 2.05) is 17.7 Å². The highest BCUT2D eigenvalue weighted by Gasteiger charge is 2.28. The zero-order valence-electron chi connectivity index (χ0n) is 11.4. The van der Waals surface area contributed by atoms with E-state index in [2.05, 4.69) is 15.5 Å². The Morgan fingerprint density at radius 3 is 2.85 bits per heavy atom. The van der Waals surface area contributed by atoms with Gasteiger partial charge in [0.15, 0.2) is 0 Å². The summed E-state index contributed by atoms with van der Waals surface area (Å²) in [4.78, 5) is 0.913. The Bertz CT molecular complexity index is 636. The van der Waals surface area contributed by atoms with Gasteiger partial charge in [-0.2, -0.15) is 0 Å². The van der Waals surface area contributed by atoms with Crippen LogP contribution in [0.3, 0.4) is 0 Å². The summed E-state index contributed by atoms with van der Waals surface area (Å²) in [5.41, 5.74) is 7.31. The summed E-state index contributed by atoms with van der Waals surface area (Å²) in [5.74, 6) is -0.233. The molecule has 2 aromatic rings. The minimum absolute atomic E-state index is 0.233. The van der Waals surface area contributed by atoms with Crippen molar-refractivity contribution in [1.29, 1.82) is 0 Å². The third-order valence-electron chi connectivity index (χ3n) is 3.34. The Morgan fingerprint density at radius 1 is 1.45 bits per heavy atom. The Kier molecular flexibility index (Phi) is 3.47. The van der Waals surface area contributed by atoms with Gasteiger partial charge in [0, 0.05) is 10.9 Å². The maximum Gasteiger partial charge on any atom is 0.214 e. The van der Waals surface area contributed by atoms with Crippen LogP contribution in [0.5, 0.6) is 0 Å². The number of rotatable bonds is 4. The molecule has 1 saturated carbocycles. The van der Waals surface area contributed by atoms with Gasteiger partial charge in [0.05, 0.1) is 6.04 Å². The number of nitrogens with two attached hydrogens (primary N) is 1. The summed E-state index contributed by atoms with van der Waals surface area (Å²) in [7, 11) is 0. The molecule has 0 unspecified atom stereocenters. The van der Waals surface area contributed by atoms with Crippen LogP contribution in [-0.4, -0.2) is 20.2 Å². The van der Waals surface area contributed by atoms with Gasteiger partial charge in [-0.3, -0.25) is 0 Å². The predicted octanol–water partition coefficient (Wildman–Crippen LogP) is 2.63. The average molecular weight is 293 g/mol. The van der Waals surface area contributed by atoms with Gasteiger partial charge < -0.3 is 5.73 Å². The van der Waals surface area contributed by atoms with E-state index in [0.717, 1.165) is 28.5 Å². The first-order chi connectivity index (χ1) is 9.56. The molecule has 1 aliphatic carbocycles. The van der Waals surface area contributed by atoms with E-state index in [1.165, 1.54) is 17.8 Å². The summed E-state index contributed by atoms with van der Waals surface area (Å²) in [5, 5.41) is 12.5. The fourth-order valence-corrected chi connectivity index (χ4v) is 3.17. The van der Waals surface area contributed by atoms with E-state index >= 15 is 0 Å².